The molecule has 0 aliphatic rings. The van der Waals surface area contributed by atoms with E-state index in [0.717, 1.165) is 22.4 Å². The van der Waals surface area contributed by atoms with Crippen molar-refractivity contribution in [3.63, 3.8) is 0 Å². The summed E-state index contributed by atoms with van der Waals surface area (Å²) in [6.45, 7) is 2.80. The maximum atomic E-state index is 12.1. The second kappa shape index (κ2) is 11.8. The molecular weight excluding hydrogens is 428 g/mol. The van der Waals surface area contributed by atoms with Gasteiger partial charge in [-0.1, -0.05) is 35.9 Å². The molecule has 1 N–H and O–H groups in total. The van der Waals surface area contributed by atoms with Gasteiger partial charge in [0.1, 0.15) is 12.4 Å². The number of nitrogens with zero attached hydrogens (tertiary/aromatic N) is 1. The van der Waals surface area contributed by atoms with E-state index in [1.807, 2.05) is 73.7 Å². The zero-order valence-corrected chi connectivity index (χ0v) is 18.8. The Labute approximate surface area is 192 Å². The minimum absolute atomic E-state index is 0.209. The Morgan fingerprint density at radius 1 is 0.969 bits per heavy atom. The molecule has 0 atom stereocenters. The summed E-state index contributed by atoms with van der Waals surface area (Å²) in [4.78, 5) is 12.1. The number of methoxy groups -OCH3 is 1. The smallest absolute Gasteiger partial charge is 0.244 e. The van der Waals surface area contributed by atoms with Crippen LogP contribution in [0.25, 0.3) is 0 Å². The van der Waals surface area contributed by atoms with Crippen molar-refractivity contribution in [2.75, 3.05) is 13.7 Å². The first-order valence-electron chi connectivity index (χ1n) is 10.2. The van der Waals surface area contributed by atoms with Gasteiger partial charge >= 0.3 is 0 Å². The van der Waals surface area contributed by atoms with E-state index in [9.17, 15) is 4.79 Å². The predicted molar refractivity (Wildman–Crippen MR) is 126 cm³/mol. The molecule has 0 heterocycles. The van der Waals surface area contributed by atoms with Gasteiger partial charge in [0.05, 0.1) is 26.4 Å². The Kier molecular flexibility index (Phi) is 8.52. The normalized spacial score (nSPS) is 10.7. The lowest BCUT2D eigenvalue weighted by molar-refractivity contribution is -0.120. The highest BCUT2D eigenvalue weighted by Crippen LogP contribution is 2.29. The van der Waals surface area contributed by atoms with E-state index >= 15 is 0 Å². The Hall–Kier alpha value is -3.51. The van der Waals surface area contributed by atoms with Crippen LogP contribution < -0.4 is 19.6 Å². The molecule has 0 saturated heterocycles. The Morgan fingerprint density at radius 3 is 2.38 bits per heavy atom. The van der Waals surface area contributed by atoms with Gasteiger partial charge in [-0.2, -0.15) is 5.10 Å². The summed E-state index contributed by atoms with van der Waals surface area (Å²) in [6.07, 6.45) is 1.79. The summed E-state index contributed by atoms with van der Waals surface area (Å²) in [5.74, 6) is 1.77. The molecule has 0 spiro atoms. The monoisotopic (exact) mass is 452 g/mol. The second-order valence-corrected chi connectivity index (χ2v) is 7.31. The molecule has 7 heteroatoms. The van der Waals surface area contributed by atoms with Crippen molar-refractivity contribution in [3.05, 3.63) is 88.4 Å². The fourth-order valence-corrected chi connectivity index (χ4v) is 3.01. The van der Waals surface area contributed by atoms with Gasteiger partial charge in [0, 0.05) is 5.02 Å². The number of hydrogen-bond acceptors (Lipinski definition) is 5. The van der Waals surface area contributed by atoms with E-state index in [1.54, 1.807) is 13.3 Å². The second-order valence-electron chi connectivity index (χ2n) is 6.87. The SMILES string of the molecule is CCOc1cc(/C=N\NC(=O)Cc2ccc(OC)cc2)ccc1OCc1ccc(Cl)cc1. The molecule has 0 bridgehead atoms. The highest BCUT2D eigenvalue weighted by Gasteiger charge is 2.07. The minimum atomic E-state index is -0.209. The highest BCUT2D eigenvalue weighted by molar-refractivity contribution is 6.30. The standard InChI is InChI=1S/C25H25ClN2O4/c1-3-31-24-14-20(8-13-23(24)32-17-19-4-9-21(26)10-5-19)16-27-28-25(29)15-18-6-11-22(30-2)12-7-18/h4-14,16H,3,15,17H2,1-2H3,(H,28,29)/b27-16-. The number of nitrogens with one attached hydrogen (secondary N) is 1. The van der Waals surface area contributed by atoms with Crippen molar-refractivity contribution in [2.45, 2.75) is 20.0 Å². The molecule has 0 radical (unpaired) electrons. The van der Waals surface area contributed by atoms with Crippen LogP contribution in [0.2, 0.25) is 5.02 Å². The number of halogens is 1. The van der Waals surface area contributed by atoms with Crippen LogP contribution in [0.4, 0.5) is 0 Å². The van der Waals surface area contributed by atoms with E-state index in [1.165, 1.54) is 0 Å². The molecule has 3 aromatic rings. The fraction of sp³-hybridized carbons (Fsp3) is 0.200. The Bertz CT molecular complexity index is 1050. The lowest BCUT2D eigenvalue weighted by atomic mass is 10.1. The van der Waals surface area contributed by atoms with Crippen LogP contribution in [0.3, 0.4) is 0 Å². The first kappa shape index (κ1) is 23.2. The lowest BCUT2D eigenvalue weighted by Gasteiger charge is -2.12. The summed E-state index contributed by atoms with van der Waals surface area (Å²) in [5, 5.41) is 4.73. The molecule has 0 saturated carbocycles. The summed E-state index contributed by atoms with van der Waals surface area (Å²) in [5.41, 5.74) is 5.19. The molecule has 0 aromatic heterocycles. The number of carbonyl (C=O) groups excluding carboxylic acids is 1. The van der Waals surface area contributed by atoms with E-state index in [-0.39, 0.29) is 12.3 Å². The Morgan fingerprint density at radius 2 is 1.69 bits per heavy atom. The number of hydrazone groups is 1. The van der Waals surface area contributed by atoms with Crippen LogP contribution in [-0.4, -0.2) is 25.8 Å². The number of rotatable bonds is 10. The molecule has 166 valence electrons. The van der Waals surface area contributed by atoms with Crippen molar-refractivity contribution in [2.24, 2.45) is 5.10 Å². The van der Waals surface area contributed by atoms with Crippen molar-refractivity contribution in [3.8, 4) is 17.2 Å². The topological polar surface area (TPSA) is 69.2 Å². The molecule has 32 heavy (non-hydrogen) atoms. The van der Waals surface area contributed by atoms with Crippen LogP contribution in [0, 0.1) is 0 Å². The maximum absolute atomic E-state index is 12.1. The Balaban J connectivity index is 1.57. The van der Waals surface area contributed by atoms with E-state index in [2.05, 4.69) is 10.5 Å². The van der Waals surface area contributed by atoms with E-state index in [4.69, 9.17) is 25.8 Å². The zero-order chi connectivity index (χ0) is 22.8. The summed E-state index contributed by atoms with van der Waals surface area (Å²) >= 11 is 5.92. The minimum Gasteiger partial charge on any atom is -0.497 e. The van der Waals surface area contributed by atoms with Gasteiger partial charge < -0.3 is 14.2 Å². The van der Waals surface area contributed by atoms with Gasteiger partial charge in [-0.15, -0.1) is 0 Å². The number of hydrogen-bond donors (Lipinski definition) is 1. The van der Waals surface area contributed by atoms with Gasteiger partial charge in [0.15, 0.2) is 11.5 Å². The molecule has 0 unspecified atom stereocenters. The molecule has 6 nitrogen and oxygen atoms in total. The van der Waals surface area contributed by atoms with Gasteiger partial charge in [-0.05, 0) is 66.1 Å². The molecular formula is C25H25ClN2O4. The lowest BCUT2D eigenvalue weighted by Crippen LogP contribution is -2.19. The van der Waals surface area contributed by atoms with Crippen molar-refractivity contribution < 1.29 is 19.0 Å². The quantitative estimate of drug-likeness (QED) is 0.346. The van der Waals surface area contributed by atoms with Crippen LogP contribution >= 0.6 is 11.6 Å². The van der Waals surface area contributed by atoms with Crippen molar-refractivity contribution in [1.82, 2.24) is 5.43 Å². The third kappa shape index (κ3) is 7.03. The average Bonchev–Trinajstić information content (AvgIpc) is 2.80. The first-order chi connectivity index (χ1) is 15.6. The molecule has 3 aromatic carbocycles. The van der Waals surface area contributed by atoms with E-state index in [0.29, 0.717) is 29.7 Å². The highest BCUT2D eigenvalue weighted by atomic mass is 35.5. The molecule has 0 aliphatic carbocycles. The summed E-state index contributed by atoms with van der Waals surface area (Å²) in [7, 11) is 1.60. The summed E-state index contributed by atoms with van der Waals surface area (Å²) in [6, 6.07) is 20.3. The van der Waals surface area contributed by atoms with Crippen LogP contribution in [0.5, 0.6) is 17.2 Å². The van der Waals surface area contributed by atoms with Gasteiger partial charge in [-0.25, -0.2) is 5.43 Å². The third-order valence-corrected chi connectivity index (χ3v) is 4.75. The van der Waals surface area contributed by atoms with Crippen molar-refractivity contribution >= 4 is 23.7 Å². The molecule has 3 rings (SSSR count). The predicted octanol–water partition coefficient (Wildman–Crippen LogP) is 5.02. The largest absolute Gasteiger partial charge is 0.497 e. The fourth-order valence-electron chi connectivity index (χ4n) is 2.88. The van der Waals surface area contributed by atoms with Gasteiger partial charge in [0.2, 0.25) is 5.91 Å². The average molecular weight is 453 g/mol. The number of benzene rings is 3. The van der Waals surface area contributed by atoms with Crippen LogP contribution in [0.1, 0.15) is 23.6 Å². The van der Waals surface area contributed by atoms with Crippen molar-refractivity contribution in [1.29, 1.82) is 0 Å². The zero-order valence-electron chi connectivity index (χ0n) is 18.0. The number of ether oxygens (including phenoxy) is 3. The maximum Gasteiger partial charge on any atom is 0.244 e. The third-order valence-electron chi connectivity index (χ3n) is 4.50. The number of amides is 1. The molecule has 0 aliphatic heterocycles. The van der Waals surface area contributed by atoms with Crippen LogP contribution in [-0.2, 0) is 17.8 Å². The van der Waals surface area contributed by atoms with Gasteiger partial charge in [0.25, 0.3) is 0 Å². The molecule has 0 fully saturated rings. The first-order valence-corrected chi connectivity index (χ1v) is 10.5. The summed E-state index contributed by atoms with van der Waals surface area (Å²) < 4.78 is 16.7. The number of carbonyl (C=O) groups is 1. The van der Waals surface area contributed by atoms with Crippen LogP contribution in [0.15, 0.2) is 71.8 Å². The molecule has 1 amide bonds. The van der Waals surface area contributed by atoms with Gasteiger partial charge in [-0.3, -0.25) is 4.79 Å². The van der Waals surface area contributed by atoms with E-state index < -0.39 is 0 Å².